The molecule has 142 valence electrons. The molecule has 0 unspecified atom stereocenters. The van der Waals surface area contributed by atoms with E-state index in [-0.39, 0.29) is 5.41 Å². The summed E-state index contributed by atoms with van der Waals surface area (Å²) >= 11 is 0. The summed E-state index contributed by atoms with van der Waals surface area (Å²) in [6, 6.07) is 31.2. The third-order valence-corrected chi connectivity index (χ3v) is 6.08. The fourth-order valence-electron chi connectivity index (χ4n) is 4.34. The minimum Gasteiger partial charge on any atom is -0.0616 e. The van der Waals surface area contributed by atoms with E-state index in [0.717, 1.165) is 6.42 Å². The van der Waals surface area contributed by atoms with Crippen molar-refractivity contribution in [3.63, 3.8) is 0 Å². The molecule has 0 bridgehead atoms. The van der Waals surface area contributed by atoms with Gasteiger partial charge in [-0.05, 0) is 73.7 Å². The molecule has 0 aliphatic heterocycles. The highest BCUT2D eigenvalue weighted by Crippen LogP contribution is 2.38. The van der Waals surface area contributed by atoms with Crippen LogP contribution in [-0.2, 0) is 11.8 Å². The first-order valence-electron chi connectivity index (χ1n) is 10.4. The van der Waals surface area contributed by atoms with Crippen LogP contribution in [-0.4, -0.2) is 0 Å². The molecule has 4 aromatic carbocycles. The Balaban J connectivity index is 1.55. The van der Waals surface area contributed by atoms with Gasteiger partial charge in [0.2, 0.25) is 0 Å². The molecule has 0 nitrogen and oxygen atoms in total. The average Bonchev–Trinajstić information content (AvgIpc) is 3.17. The Morgan fingerprint density at radius 3 is 2.14 bits per heavy atom. The zero-order valence-corrected chi connectivity index (χ0v) is 17.4. The van der Waals surface area contributed by atoms with E-state index in [2.05, 4.69) is 112 Å². The van der Waals surface area contributed by atoms with Gasteiger partial charge in [-0.15, -0.1) is 0 Å². The van der Waals surface area contributed by atoms with Crippen LogP contribution in [0.1, 0.15) is 43.0 Å². The van der Waals surface area contributed by atoms with Gasteiger partial charge in [-0.2, -0.15) is 0 Å². The molecule has 5 rings (SSSR count). The maximum Gasteiger partial charge on any atom is -0.00134 e. The first kappa shape index (κ1) is 17.9. The molecule has 1 aliphatic rings. The third-order valence-electron chi connectivity index (χ3n) is 6.08. The SMILES string of the molecule is CC(C)(C)c1ccc(-c2cccc3c2C=C(c2ccc4ccccc4c2)C3)cc1. The summed E-state index contributed by atoms with van der Waals surface area (Å²) < 4.78 is 0. The van der Waals surface area contributed by atoms with Crippen molar-refractivity contribution in [1.29, 1.82) is 0 Å². The summed E-state index contributed by atoms with van der Waals surface area (Å²) in [5.74, 6) is 0. The summed E-state index contributed by atoms with van der Waals surface area (Å²) in [5.41, 5.74) is 9.72. The standard InChI is InChI=1S/C29H26/c1-29(2,3)26-15-13-21(14-16-26)27-10-6-9-24-18-25(19-28(24)27)23-12-11-20-7-4-5-8-22(20)17-23/h4-17,19H,18H2,1-3H3. The minimum atomic E-state index is 0.181. The van der Waals surface area contributed by atoms with Crippen molar-refractivity contribution in [2.75, 3.05) is 0 Å². The molecular weight excluding hydrogens is 348 g/mol. The predicted molar refractivity (Wildman–Crippen MR) is 126 cm³/mol. The molecular formula is C29H26. The maximum atomic E-state index is 2.40. The largest absolute Gasteiger partial charge is 0.0616 e. The summed E-state index contributed by atoms with van der Waals surface area (Å²) in [6.07, 6.45) is 3.40. The highest BCUT2D eigenvalue weighted by molar-refractivity contribution is 5.96. The second-order valence-electron chi connectivity index (χ2n) is 9.11. The lowest BCUT2D eigenvalue weighted by Crippen LogP contribution is -2.10. The average molecular weight is 375 g/mol. The van der Waals surface area contributed by atoms with Crippen LogP contribution in [0.25, 0.3) is 33.5 Å². The van der Waals surface area contributed by atoms with Crippen LogP contribution >= 0.6 is 0 Å². The Kier molecular flexibility index (Phi) is 4.17. The molecule has 0 amide bonds. The number of hydrogen-bond acceptors (Lipinski definition) is 0. The van der Waals surface area contributed by atoms with Crippen molar-refractivity contribution in [2.24, 2.45) is 0 Å². The van der Waals surface area contributed by atoms with E-state index in [9.17, 15) is 0 Å². The van der Waals surface area contributed by atoms with Gasteiger partial charge in [0.25, 0.3) is 0 Å². The molecule has 0 radical (unpaired) electrons. The first-order chi connectivity index (χ1) is 14.0. The van der Waals surface area contributed by atoms with E-state index in [1.165, 1.54) is 49.7 Å². The predicted octanol–water partition coefficient (Wildman–Crippen LogP) is 7.90. The molecule has 1 aliphatic carbocycles. The maximum absolute atomic E-state index is 2.40. The lowest BCUT2D eigenvalue weighted by atomic mass is 9.86. The van der Waals surface area contributed by atoms with Crippen molar-refractivity contribution in [3.8, 4) is 11.1 Å². The smallest absolute Gasteiger partial charge is 0.00134 e. The molecule has 0 atom stereocenters. The van der Waals surface area contributed by atoms with Gasteiger partial charge in [-0.1, -0.05) is 99.6 Å². The molecule has 4 aromatic rings. The van der Waals surface area contributed by atoms with Gasteiger partial charge in [0.15, 0.2) is 0 Å². The van der Waals surface area contributed by atoms with Gasteiger partial charge in [0.1, 0.15) is 0 Å². The number of rotatable bonds is 2. The molecule has 29 heavy (non-hydrogen) atoms. The molecule has 0 aromatic heterocycles. The number of hydrogen-bond donors (Lipinski definition) is 0. The van der Waals surface area contributed by atoms with Gasteiger partial charge in [-0.3, -0.25) is 0 Å². The van der Waals surface area contributed by atoms with Crippen molar-refractivity contribution in [3.05, 3.63) is 107 Å². The summed E-state index contributed by atoms with van der Waals surface area (Å²) in [5, 5.41) is 2.60. The fraction of sp³-hybridized carbons (Fsp3) is 0.172. The van der Waals surface area contributed by atoms with Crippen molar-refractivity contribution in [1.82, 2.24) is 0 Å². The van der Waals surface area contributed by atoms with E-state index < -0.39 is 0 Å². The first-order valence-corrected chi connectivity index (χ1v) is 10.4. The van der Waals surface area contributed by atoms with Gasteiger partial charge < -0.3 is 0 Å². The number of benzene rings is 4. The highest BCUT2D eigenvalue weighted by Gasteiger charge is 2.19. The van der Waals surface area contributed by atoms with Crippen LogP contribution < -0.4 is 0 Å². The minimum absolute atomic E-state index is 0.181. The molecule has 0 fully saturated rings. The zero-order chi connectivity index (χ0) is 20.0. The van der Waals surface area contributed by atoms with Crippen LogP contribution in [0.15, 0.2) is 84.9 Å². The van der Waals surface area contributed by atoms with Crippen LogP contribution in [0, 0.1) is 0 Å². The normalized spacial score (nSPS) is 13.4. The Bertz CT molecular complexity index is 1230. The van der Waals surface area contributed by atoms with Gasteiger partial charge >= 0.3 is 0 Å². The summed E-state index contributed by atoms with van der Waals surface area (Å²) in [7, 11) is 0. The Labute approximate surface area is 173 Å². The third kappa shape index (κ3) is 3.29. The van der Waals surface area contributed by atoms with E-state index in [1.54, 1.807) is 0 Å². The van der Waals surface area contributed by atoms with Crippen LogP contribution in [0.4, 0.5) is 0 Å². The van der Waals surface area contributed by atoms with Crippen molar-refractivity contribution in [2.45, 2.75) is 32.6 Å². The second-order valence-corrected chi connectivity index (χ2v) is 9.11. The molecule has 0 N–H and O–H groups in total. The van der Waals surface area contributed by atoms with Gasteiger partial charge in [-0.25, -0.2) is 0 Å². The molecule has 0 heterocycles. The van der Waals surface area contributed by atoms with E-state index in [0.29, 0.717) is 0 Å². The van der Waals surface area contributed by atoms with Crippen LogP contribution in [0.3, 0.4) is 0 Å². The summed E-state index contributed by atoms with van der Waals surface area (Å²) in [4.78, 5) is 0. The van der Waals surface area contributed by atoms with Crippen molar-refractivity contribution >= 4 is 22.4 Å². The molecule has 0 saturated heterocycles. The quantitative estimate of drug-likeness (QED) is 0.334. The summed E-state index contributed by atoms with van der Waals surface area (Å²) in [6.45, 7) is 6.79. The zero-order valence-electron chi connectivity index (χ0n) is 17.4. The topological polar surface area (TPSA) is 0 Å². The van der Waals surface area contributed by atoms with Gasteiger partial charge in [0, 0.05) is 0 Å². The second kappa shape index (κ2) is 6.74. The van der Waals surface area contributed by atoms with Gasteiger partial charge in [0.05, 0.1) is 0 Å². The molecule has 0 spiro atoms. The lowest BCUT2D eigenvalue weighted by Gasteiger charge is -2.19. The monoisotopic (exact) mass is 374 g/mol. The van der Waals surface area contributed by atoms with E-state index in [1.807, 2.05) is 0 Å². The fourth-order valence-corrected chi connectivity index (χ4v) is 4.34. The molecule has 0 saturated carbocycles. The number of allylic oxidation sites excluding steroid dienone is 1. The van der Waals surface area contributed by atoms with Crippen molar-refractivity contribution < 1.29 is 0 Å². The number of fused-ring (bicyclic) bond motifs is 2. The Hall–Kier alpha value is -3.12. The lowest BCUT2D eigenvalue weighted by molar-refractivity contribution is 0.590. The van der Waals surface area contributed by atoms with Crippen LogP contribution in [0.2, 0.25) is 0 Å². The Morgan fingerprint density at radius 2 is 1.38 bits per heavy atom. The highest BCUT2D eigenvalue weighted by atomic mass is 14.2. The van der Waals surface area contributed by atoms with E-state index in [4.69, 9.17) is 0 Å². The van der Waals surface area contributed by atoms with Crippen LogP contribution in [0.5, 0.6) is 0 Å². The molecule has 0 heteroatoms. The Morgan fingerprint density at radius 1 is 0.655 bits per heavy atom. The van der Waals surface area contributed by atoms with E-state index >= 15 is 0 Å².